The number of thioether (sulfide) groups is 1. The minimum atomic E-state index is -0.464. The Labute approximate surface area is 160 Å². The summed E-state index contributed by atoms with van der Waals surface area (Å²) in [5.74, 6) is 0.0605. The summed E-state index contributed by atoms with van der Waals surface area (Å²) >= 11 is 6.19. The van der Waals surface area contributed by atoms with Gasteiger partial charge in [-0.25, -0.2) is 4.79 Å². The van der Waals surface area contributed by atoms with E-state index in [2.05, 4.69) is 5.32 Å². The van der Waals surface area contributed by atoms with Crippen molar-refractivity contribution in [1.29, 1.82) is 0 Å². The monoisotopic (exact) mass is 385 g/mol. The number of carbonyl (C=O) groups excluding carboxylic acids is 2. The quantitative estimate of drug-likeness (QED) is 0.366. The first-order valence-corrected chi connectivity index (χ1v) is 9.08. The largest absolute Gasteiger partial charge is 0.490 e. The third-order valence-electron chi connectivity index (χ3n) is 3.42. The third kappa shape index (κ3) is 4.30. The zero-order valence-electron chi connectivity index (χ0n) is 13.9. The maximum Gasteiger partial charge on any atom is 0.343 e. The van der Waals surface area contributed by atoms with Crippen molar-refractivity contribution in [2.45, 2.75) is 6.92 Å². The van der Waals surface area contributed by atoms with Crippen molar-refractivity contribution in [2.24, 2.45) is 0 Å². The van der Waals surface area contributed by atoms with Crippen LogP contribution < -0.4 is 14.8 Å². The van der Waals surface area contributed by atoms with E-state index in [4.69, 9.17) is 21.7 Å². The molecule has 2 aromatic carbocycles. The Morgan fingerprint density at radius 3 is 2.62 bits per heavy atom. The fourth-order valence-corrected chi connectivity index (χ4v) is 3.32. The van der Waals surface area contributed by atoms with Gasteiger partial charge in [0, 0.05) is 0 Å². The number of amides is 1. The number of hydrogen-bond acceptors (Lipinski definition) is 6. The van der Waals surface area contributed by atoms with Crippen molar-refractivity contribution in [1.82, 2.24) is 5.32 Å². The molecule has 7 heteroatoms. The van der Waals surface area contributed by atoms with Gasteiger partial charge in [-0.05, 0) is 42.8 Å². The molecule has 0 radical (unpaired) electrons. The van der Waals surface area contributed by atoms with Crippen molar-refractivity contribution < 1.29 is 19.1 Å². The standard InChI is InChI=1S/C19H15NO4S2/c1-2-23-15-10-12(11-16-17(21)20-19(25)26-16)8-9-14(15)24-18(22)13-6-4-3-5-7-13/h3-11H,2H2,1H3,(H,20,21,25)/b16-11-. The molecule has 0 unspecified atom stereocenters. The van der Waals surface area contributed by atoms with Crippen LogP contribution in [0.3, 0.4) is 0 Å². The molecule has 1 heterocycles. The highest BCUT2D eigenvalue weighted by molar-refractivity contribution is 8.26. The topological polar surface area (TPSA) is 64.6 Å². The van der Waals surface area contributed by atoms with Crippen LogP contribution in [0.15, 0.2) is 53.4 Å². The van der Waals surface area contributed by atoms with Crippen LogP contribution in [0.1, 0.15) is 22.8 Å². The molecule has 3 rings (SSSR count). The second kappa shape index (κ2) is 8.16. The minimum absolute atomic E-state index is 0.224. The van der Waals surface area contributed by atoms with E-state index < -0.39 is 5.97 Å². The van der Waals surface area contributed by atoms with Gasteiger partial charge in [-0.15, -0.1) is 0 Å². The zero-order chi connectivity index (χ0) is 18.5. The van der Waals surface area contributed by atoms with Crippen molar-refractivity contribution in [3.05, 3.63) is 64.6 Å². The molecular weight excluding hydrogens is 370 g/mol. The van der Waals surface area contributed by atoms with Crippen molar-refractivity contribution in [3.8, 4) is 11.5 Å². The number of esters is 1. The van der Waals surface area contributed by atoms with E-state index in [1.165, 1.54) is 11.8 Å². The van der Waals surface area contributed by atoms with E-state index >= 15 is 0 Å². The predicted molar refractivity (Wildman–Crippen MR) is 105 cm³/mol. The van der Waals surface area contributed by atoms with Gasteiger partial charge in [0.2, 0.25) is 0 Å². The van der Waals surface area contributed by atoms with Gasteiger partial charge in [0.1, 0.15) is 4.32 Å². The molecule has 1 saturated heterocycles. The zero-order valence-corrected chi connectivity index (χ0v) is 15.5. The Morgan fingerprint density at radius 1 is 1.19 bits per heavy atom. The highest BCUT2D eigenvalue weighted by Gasteiger charge is 2.22. The number of carbonyl (C=O) groups is 2. The number of benzene rings is 2. The number of rotatable bonds is 5. The SMILES string of the molecule is CCOc1cc(/C=C2\SC(=S)NC2=O)ccc1OC(=O)c1ccccc1. The summed E-state index contributed by atoms with van der Waals surface area (Å²) in [5, 5.41) is 2.57. The average Bonchev–Trinajstić information content (AvgIpc) is 2.95. The normalized spacial score (nSPS) is 15.0. The van der Waals surface area contributed by atoms with Crippen molar-refractivity contribution in [3.63, 3.8) is 0 Å². The molecule has 5 nitrogen and oxygen atoms in total. The smallest absolute Gasteiger partial charge is 0.343 e. The summed E-state index contributed by atoms with van der Waals surface area (Å²) in [6.45, 7) is 2.25. The molecular formula is C19H15NO4S2. The first-order valence-electron chi connectivity index (χ1n) is 7.85. The van der Waals surface area contributed by atoms with Crippen LogP contribution in [-0.2, 0) is 4.79 Å². The Kier molecular flexibility index (Phi) is 5.70. The van der Waals surface area contributed by atoms with Crippen LogP contribution >= 0.6 is 24.0 Å². The molecule has 1 aliphatic heterocycles. The van der Waals surface area contributed by atoms with Gasteiger partial charge in [-0.3, -0.25) is 4.79 Å². The van der Waals surface area contributed by atoms with Crippen molar-refractivity contribution >= 4 is 46.3 Å². The van der Waals surface area contributed by atoms with Crippen LogP contribution in [0, 0.1) is 0 Å². The van der Waals surface area contributed by atoms with Gasteiger partial charge in [0.25, 0.3) is 5.91 Å². The van der Waals surface area contributed by atoms with Gasteiger partial charge in [0.15, 0.2) is 11.5 Å². The number of ether oxygens (including phenoxy) is 2. The molecule has 0 aromatic heterocycles. The van der Waals surface area contributed by atoms with Crippen molar-refractivity contribution in [2.75, 3.05) is 6.61 Å². The van der Waals surface area contributed by atoms with Gasteiger partial charge < -0.3 is 14.8 Å². The summed E-state index contributed by atoms with van der Waals surface area (Å²) < 4.78 is 11.5. The fraction of sp³-hybridized carbons (Fsp3) is 0.105. The summed E-state index contributed by atoms with van der Waals surface area (Å²) in [7, 11) is 0. The molecule has 26 heavy (non-hydrogen) atoms. The van der Waals surface area contributed by atoms with E-state index in [0.717, 1.165) is 5.56 Å². The molecule has 0 spiro atoms. The number of nitrogens with one attached hydrogen (secondary N) is 1. The van der Waals surface area contributed by atoms with E-state index in [1.54, 1.807) is 48.5 Å². The van der Waals surface area contributed by atoms with Crippen LogP contribution in [0.2, 0.25) is 0 Å². The van der Waals surface area contributed by atoms with Gasteiger partial charge in [-0.1, -0.05) is 48.2 Å². The molecule has 132 valence electrons. The highest BCUT2D eigenvalue weighted by atomic mass is 32.2. The number of hydrogen-bond donors (Lipinski definition) is 1. The maximum atomic E-state index is 12.3. The van der Waals surface area contributed by atoms with E-state index in [-0.39, 0.29) is 5.91 Å². The fourth-order valence-electron chi connectivity index (χ4n) is 2.27. The molecule has 0 aliphatic carbocycles. The van der Waals surface area contributed by atoms with Gasteiger partial charge >= 0.3 is 5.97 Å². The Hall–Kier alpha value is -2.64. The Balaban J connectivity index is 1.85. The van der Waals surface area contributed by atoms with Gasteiger partial charge in [0.05, 0.1) is 17.1 Å². The van der Waals surface area contributed by atoms with Gasteiger partial charge in [-0.2, -0.15) is 0 Å². The predicted octanol–water partition coefficient (Wildman–Crippen LogP) is 3.79. The minimum Gasteiger partial charge on any atom is -0.490 e. The summed E-state index contributed by atoms with van der Waals surface area (Å²) in [6, 6.07) is 13.8. The first kappa shape index (κ1) is 18.2. The lowest BCUT2D eigenvalue weighted by Crippen LogP contribution is -2.17. The molecule has 1 fully saturated rings. The second-order valence-corrected chi connectivity index (χ2v) is 6.97. The van der Waals surface area contributed by atoms with Crippen LogP contribution in [0.5, 0.6) is 11.5 Å². The third-order valence-corrected chi connectivity index (χ3v) is 4.58. The van der Waals surface area contributed by atoms with E-state index in [0.29, 0.717) is 32.9 Å². The molecule has 1 amide bonds. The molecule has 1 N–H and O–H groups in total. The van der Waals surface area contributed by atoms with E-state index in [9.17, 15) is 9.59 Å². The summed E-state index contributed by atoms with van der Waals surface area (Å²) in [5.41, 5.74) is 1.20. The summed E-state index contributed by atoms with van der Waals surface area (Å²) in [4.78, 5) is 24.5. The molecule has 1 aliphatic rings. The molecule has 0 atom stereocenters. The lowest BCUT2D eigenvalue weighted by molar-refractivity contribution is -0.115. The molecule has 0 bridgehead atoms. The number of thiocarbonyl (C=S) groups is 1. The molecule has 0 saturated carbocycles. The van der Waals surface area contributed by atoms with Crippen LogP contribution in [0.25, 0.3) is 6.08 Å². The maximum absolute atomic E-state index is 12.3. The lowest BCUT2D eigenvalue weighted by atomic mass is 10.1. The lowest BCUT2D eigenvalue weighted by Gasteiger charge is -2.11. The average molecular weight is 385 g/mol. The Morgan fingerprint density at radius 2 is 1.96 bits per heavy atom. The van der Waals surface area contributed by atoms with E-state index in [1.807, 2.05) is 13.0 Å². The Bertz CT molecular complexity index is 894. The van der Waals surface area contributed by atoms with Crippen LogP contribution in [0.4, 0.5) is 0 Å². The first-order chi connectivity index (χ1) is 12.6. The second-order valence-electron chi connectivity index (χ2n) is 5.25. The summed E-state index contributed by atoms with van der Waals surface area (Å²) in [6.07, 6.45) is 1.71. The molecule has 2 aromatic rings. The van der Waals surface area contributed by atoms with Crippen LogP contribution in [-0.4, -0.2) is 22.8 Å². The highest BCUT2D eigenvalue weighted by Crippen LogP contribution is 2.32.